The van der Waals surface area contributed by atoms with Crippen LogP contribution in [0.4, 0.5) is 5.69 Å². The number of hydrogen-bond acceptors (Lipinski definition) is 4. The van der Waals surface area contributed by atoms with Gasteiger partial charge in [0.15, 0.2) is 0 Å². The van der Waals surface area contributed by atoms with E-state index in [1.54, 1.807) is 11.8 Å². The summed E-state index contributed by atoms with van der Waals surface area (Å²) in [6, 6.07) is 4.24. The first kappa shape index (κ1) is 20.3. The van der Waals surface area contributed by atoms with E-state index in [1.165, 1.54) is 43.3 Å². The zero-order chi connectivity index (χ0) is 20.4. The Kier molecular flexibility index (Phi) is 5.91. The Morgan fingerprint density at radius 2 is 1.97 bits per heavy atom. The van der Waals surface area contributed by atoms with Crippen LogP contribution < -0.4 is 16.4 Å². The predicted molar refractivity (Wildman–Crippen MR) is 122 cm³/mol. The molecular formula is C23H32N4OS. The van der Waals surface area contributed by atoms with Gasteiger partial charge in [-0.1, -0.05) is 32.1 Å². The molecule has 3 aliphatic rings. The highest BCUT2D eigenvalue weighted by atomic mass is 32.2. The molecule has 0 radical (unpaired) electrons. The van der Waals surface area contributed by atoms with Crippen molar-refractivity contribution in [3.8, 4) is 0 Å². The fraction of sp³-hybridized carbons (Fsp3) is 0.565. The maximum absolute atomic E-state index is 12.7. The van der Waals surface area contributed by atoms with Crippen LogP contribution in [0.5, 0.6) is 0 Å². The predicted octanol–water partition coefficient (Wildman–Crippen LogP) is 5.02. The molecule has 1 heterocycles. The largest absolute Gasteiger partial charge is 0.390 e. The SMILES string of the molecule is CS/C(=C(/N=CN)Nc1cc(C)c2c(c1)C1(CCCCC1)NC2=O)C1CCCC1. The molecular weight excluding hydrogens is 380 g/mol. The lowest BCUT2D eigenvalue weighted by molar-refractivity contribution is 0.0909. The summed E-state index contributed by atoms with van der Waals surface area (Å²) in [6.07, 6.45) is 14.1. The fourth-order valence-electron chi connectivity index (χ4n) is 5.45. The Bertz CT molecular complexity index is 849. The lowest BCUT2D eigenvalue weighted by Gasteiger charge is -2.34. The molecule has 0 atom stereocenters. The number of carbonyl (C=O) groups is 1. The van der Waals surface area contributed by atoms with Crippen molar-refractivity contribution >= 4 is 29.7 Å². The highest BCUT2D eigenvalue weighted by molar-refractivity contribution is 8.02. The molecule has 1 spiro atoms. The number of aryl methyl sites for hydroxylation is 1. The number of anilines is 1. The van der Waals surface area contributed by atoms with Crippen molar-refractivity contribution in [1.29, 1.82) is 0 Å². The Morgan fingerprint density at radius 1 is 1.24 bits per heavy atom. The third-order valence-corrected chi connectivity index (χ3v) is 7.75. The molecule has 5 nitrogen and oxygen atoms in total. The van der Waals surface area contributed by atoms with Gasteiger partial charge >= 0.3 is 0 Å². The number of aliphatic imine (C=N–C) groups is 1. The minimum absolute atomic E-state index is 0.0810. The van der Waals surface area contributed by atoms with Gasteiger partial charge in [0.1, 0.15) is 5.82 Å². The van der Waals surface area contributed by atoms with Gasteiger partial charge in [0.05, 0.1) is 11.9 Å². The average molecular weight is 413 g/mol. The standard InChI is InChI=1S/C23H32N4OS/c1-15-12-17(26-21(25-14-24)20(29-2)16-8-4-5-9-16)13-18-19(15)22(28)27-23(18)10-6-3-7-11-23/h12-14,16,26H,3-11H2,1-2H3,(H2,24,25)(H,27,28)/b21-20-. The van der Waals surface area contributed by atoms with Gasteiger partial charge < -0.3 is 16.4 Å². The first-order chi connectivity index (χ1) is 14.1. The van der Waals surface area contributed by atoms with Crippen molar-refractivity contribution in [2.24, 2.45) is 16.6 Å². The molecule has 1 aromatic rings. The third kappa shape index (κ3) is 3.79. The molecule has 1 aliphatic heterocycles. The van der Waals surface area contributed by atoms with Gasteiger partial charge in [0, 0.05) is 16.2 Å². The minimum atomic E-state index is -0.193. The molecule has 1 amide bonds. The van der Waals surface area contributed by atoms with Crippen molar-refractivity contribution < 1.29 is 4.79 Å². The molecule has 29 heavy (non-hydrogen) atoms. The second-order valence-electron chi connectivity index (χ2n) is 8.61. The summed E-state index contributed by atoms with van der Waals surface area (Å²) in [5, 5.41) is 6.88. The molecule has 6 heteroatoms. The molecule has 0 bridgehead atoms. The van der Waals surface area contributed by atoms with E-state index in [0.717, 1.165) is 53.9 Å². The van der Waals surface area contributed by atoms with E-state index in [2.05, 4.69) is 34.0 Å². The number of nitrogens with two attached hydrogens (primary N) is 1. The van der Waals surface area contributed by atoms with Gasteiger partial charge in [0.25, 0.3) is 5.91 Å². The van der Waals surface area contributed by atoms with Crippen LogP contribution in [0.3, 0.4) is 0 Å². The maximum atomic E-state index is 12.7. The maximum Gasteiger partial charge on any atom is 0.252 e. The number of thioether (sulfide) groups is 1. The number of rotatable bonds is 5. The van der Waals surface area contributed by atoms with Crippen LogP contribution in [-0.2, 0) is 5.54 Å². The van der Waals surface area contributed by atoms with Crippen molar-refractivity contribution in [2.75, 3.05) is 11.6 Å². The van der Waals surface area contributed by atoms with E-state index < -0.39 is 0 Å². The van der Waals surface area contributed by atoms with Crippen molar-refractivity contribution in [2.45, 2.75) is 70.3 Å². The summed E-state index contributed by atoms with van der Waals surface area (Å²) in [5.74, 6) is 1.48. The zero-order valence-electron chi connectivity index (χ0n) is 17.5. The molecule has 0 unspecified atom stereocenters. The molecule has 1 aromatic carbocycles. The Morgan fingerprint density at radius 3 is 2.62 bits per heavy atom. The number of benzene rings is 1. The van der Waals surface area contributed by atoms with Gasteiger partial charge in [0.2, 0.25) is 0 Å². The lowest BCUT2D eigenvalue weighted by atomic mass is 9.77. The second-order valence-corrected chi connectivity index (χ2v) is 9.46. The van der Waals surface area contributed by atoms with Crippen LogP contribution in [0, 0.1) is 12.8 Å². The van der Waals surface area contributed by atoms with E-state index >= 15 is 0 Å². The summed E-state index contributed by atoms with van der Waals surface area (Å²) in [7, 11) is 0. The zero-order valence-corrected chi connectivity index (χ0v) is 18.3. The monoisotopic (exact) mass is 412 g/mol. The van der Waals surface area contributed by atoms with Gasteiger partial charge in [-0.25, -0.2) is 4.99 Å². The van der Waals surface area contributed by atoms with E-state index in [0.29, 0.717) is 5.92 Å². The number of nitrogens with one attached hydrogen (secondary N) is 2. The third-order valence-electron chi connectivity index (χ3n) is 6.78. The van der Waals surface area contributed by atoms with Crippen molar-refractivity contribution in [3.63, 3.8) is 0 Å². The lowest BCUT2D eigenvalue weighted by Crippen LogP contribution is -2.40. The number of amides is 1. The summed E-state index contributed by atoms with van der Waals surface area (Å²) in [4.78, 5) is 18.5. The molecule has 4 rings (SSSR count). The van der Waals surface area contributed by atoms with Gasteiger partial charge in [-0.3, -0.25) is 4.79 Å². The van der Waals surface area contributed by atoms with E-state index in [9.17, 15) is 4.79 Å². The first-order valence-electron chi connectivity index (χ1n) is 10.8. The minimum Gasteiger partial charge on any atom is -0.390 e. The highest BCUT2D eigenvalue weighted by Gasteiger charge is 2.44. The number of fused-ring (bicyclic) bond motifs is 2. The molecule has 0 saturated heterocycles. The molecule has 156 valence electrons. The van der Waals surface area contributed by atoms with E-state index in [1.807, 2.05) is 6.92 Å². The molecule has 2 aliphatic carbocycles. The number of nitrogens with zero attached hydrogens (tertiary/aromatic N) is 1. The van der Waals surface area contributed by atoms with E-state index in [4.69, 9.17) is 5.73 Å². The first-order valence-corrected chi connectivity index (χ1v) is 12.1. The summed E-state index contributed by atoms with van der Waals surface area (Å²) >= 11 is 1.77. The summed E-state index contributed by atoms with van der Waals surface area (Å²) in [5.41, 5.74) is 9.54. The smallest absolute Gasteiger partial charge is 0.252 e. The van der Waals surface area contributed by atoms with Crippen LogP contribution in [0.1, 0.15) is 79.3 Å². The number of carbonyl (C=O) groups excluding carboxylic acids is 1. The van der Waals surface area contributed by atoms with Gasteiger partial charge in [-0.15, -0.1) is 11.8 Å². The van der Waals surface area contributed by atoms with Gasteiger partial charge in [-0.2, -0.15) is 0 Å². The van der Waals surface area contributed by atoms with Gasteiger partial charge in [-0.05, 0) is 68.0 Å². The molecule has 2 fully saturated rings. The van der Waals surface area contributed by atoms with Crippen LogP contribution in [-0.4, -0.2) is 18.5 Å². The molecule has 0 aromatic heterocycles. The van der Waals surface area contributed by atoms with Crippen LogP contribution in [0.2, 0.25) is 0 Å². The molecule has 2 saturated carbocycles. The summed E-state index contributed by atoms with van der Waals surface area (Å²) < 4.78 is 0. The van der Waals surface area contributed by atoms with Crippen LogP contribution in [0.25, 0.3) is 0 Å². The Hall–Kier alpha value is -1.95. The number of allylic oxidation sites excluding steroid dienone is 1. The second kappa shape index (κ2) is 8.42. The number of hydrogen-bond donors (Lipinski definition) is 3. The highest BCUT2D eigenvalue weighted by Crippen LogP contribution is 2.45. The summed E-state index contributed by atoms with van der Waals surface area (Å²) in [6.45, 7) is 2.04. The average Bonchev–Trinajstić information content (AvgIpc) is 3.31. The molecule has 4 N–H and O–H groups in total. The Labute approximate surface area is 178 Å². The van der Waals surface area contributed by atoms with Crippen LogP contribution >= 0.6 is 11.8 Å². The Balaban J connectivity index is 1.73. The topological polar surface area (TPSA) is 79.5 Å². The van der Waals surface area contributed by atoms with Crippen molar-refractivity contribution in [1.82, 2.24) is 5.32 Å². The fourth-order valence-corrected chi connectivity index (χ4v) is 6.31. The van der Waals surface area contributed by atoms with E-state index in [-0.39, 0.29) is 11.4 Å². The quantitative estimate of drug-likeness (QED) is 0.469. The van der Waals surface area contributed by atoms with Crippen LogP contribution in [0.15, 0.2) is 27.9 Å². The normalized spacial score (nSPS) is 22.1. The van der Waals surface area contributed by atoms with Crippen molar-refractivity contribution in [3.05, 3.63) is 39.5 Å².